The quantitative estimate of drug-likeness (QED) is 0.917. The first kappa shape index (κ1) is 15.0. The third-order valence-electron chi connectivity index (χ3n) is 3.26. The highest BCUT2D eigenvalue weighted by molar-refractivity contribution is 5.39. The van der Waals surface area contributed by atoms with Gasteiger partial charge in [0.05, 0.1) is 0 Å². The van der Waals surface area contributed by atoms with Crippen LogP contribution in [0, 0.1) is 20.8 Å². The lowest BCUT2D eigenvalue weighted by Gasteiger charge is -2.06. The summed E-state index contributed by atoms with van der Waals surface area (Å²) in [5.41, 5.74) is 4.54. The fourth-order valence-corrected chi connectivity index (χ4v) is 1.89. The van der Waals surface area contributed by atoms with Gasteiger partial charge in [-0.15, -0.1) is 0 Å². The Morgan fingerprint density at radius 1 is 0.952 bits per heavy atom. The van der Waals surface area contributed by atoms with E-state index in [1.165, 1.54) is 11.1 Å². The van der Waals surface area contributed by atoms with E-state index in [2.05, 4.69) is 41.3 Å². The van der Waals surface area contributed by atoms with Crippen molar-refractivity contribution in [1.29, 1.82) is 0 Å². The van der Waals surface area contributed by atoms with E-state index in [0.29, 0.717) is 6.54 Å². The predicted octanol–water partition coefficient (Wildman–Crippen LogP) is 4.14. The normalized spacial score (nSPS) is 9.86. The maximum Gasteiger partial charge on any atom is 0.126 e. The molecule has 2 aromatic heterocycles. The second kappa shape index (κ2) is 7.39. The summed E-state index contributed by atoms with van der Waals surface area (Å²) in [7, 11) is 0. The summed E-state index contributed by atoms with van der Waals surface area (Å²) in [6, 6.07) is 14.2. The number of aromatic nitrogens is 2. The maximum absolute atomic E-state index is 4.63. The number of rotatable bonds is 3. The minimum absolute atomic E-state index is 0.711. The standard InChI is InChI=1S/C18H21N3/c1-14-7-4-5-8-16(3)21-18(11-15(14)2)20-13-17-9-6-10-19-12-17/h4-12H,13H2,1-3H3,(H,20,21). The fraction of sp³-hybridized carbons (Fsp3) is 0.222. The van der Waals surface area contributed by atoms with Crippen LogP contribution >= 0.6 is 0 Å². The summed E-state index contributed by atoms with van der Waals surface area (Å²) in [6.45, 7) is 6.91. The molecule has 0 aliphatic rings. The summed E-state index contributed by atoms with van der Waals surface area (Å²) >= 11 is 0. The van der Waals surface area contributed by atoms with Gasteiger partial charge in [0.2, 0.25) is 0 Å². The van der Waals surface area contributed by atoms with Crippen LogP contribution in [0.5, 0.6) is 0 Å². The van der Waals surface area contributed by atoms with Crippen molar-refractivity contribution in [3.63, 3.8) is 0 Å². The lowest BCUT2D eigenvalue weighted by molar-refractivity contribution is 1.07. The average Bonchev–Trinajstić information content (AvgIpc) is 2.49. The van der Waals surface area contributed by atoms with Crippen LogP contribution < -0.4 is 5.32 Å². The van der Waals surface area contributed by atoms with Crippen LogP contribution in [0.3, 0.4) is 0 Å². The molecule has 0 aliphatic carbocycles. The Bertz CT molecular complexity index is 650. The van der Waals surface area contributed by atoms with E-state index in [-0.39, 0.29) is 0 Å². The molecule has 0 saturated heterocycles. The Hall–Kier alpha value is -2.42. The van der Waals surface area contributed by atoms with E-state index in [9.17, 15) is 0 Å². The Labute approximate surface area is 126 Å². The van der Waals surface area contributed by atoms with Crippen LogP contribution in [0.4, 0.5) is 5.82 Å². The highest BCUT2D eigenvalue weighted by Gasteiger charge is 1.96. The highest BCUT2D eigenvalue weighted by atomic mass is 15.0. The van der Waals surface area contributed by atoms with Gasteiger partial charge < -0.3 is 5.32 Å². The van der Waals surface area contributed by atoms with Gasteiger partial charge in [0.15, 0.2) is 0 Å². The van der Waals surface area contributed by atoms with Crippen molar-refractivity contribution < 1.29 is 0 Å². The van der Waals surface area contributed by atoms with E-state index < -0.39 is 0 Å². The van der Waals surface area contributed by atoms with E-state index >= 15 is 0 Å². The van der Waals surface area contributed by atoms with Crippen molar-refractivity contribution in [2.75, 3.05) is 5.32 Å². The van der Waals surface area contributed by atoms with Gasteiger partial charge in [0.25, 0.3) is 0 Å². The first-order chi connectivity index (χ1) is 10.1. The topological polar surface area (TPSA) is 37.8 Å². The molecule has 21 heavy (non-hydrogen) atoms. The summed E-state index contributed by atoms with van der Waals surface area (Å²) < 4.78 is 0. The lowest BCUT2D eigenvalue weighted by atomic mass is 10.2. The second-order valence-electron chi connectivity index (χ2n) is 5.08. The van der Waals surface area contributed by atoms with Gasteiger partial charge in [-0.3, -0.25) is 4.98 Å². The van der Waals surface area contributed by atoms with Crippen molar-refractivity contribution in [2.45, 2.75) is 27.3 Å². The molecule has 108 valence electrons. The van der Waals surface area contributed by atoms with Gasteiger partial charge in [0, 0.05) is 24.6 Å². The van der Waals surface area contributed by atoms with Gasteiger partial charge in [-0.2, -0.15) is 0 Å². The molecule has 0 amide bonds. The zero-order valence-corrected chi connectivity index (χ0v) is 12.8. The molecule has 2 heterocycles. The number of pyridine rings is 1. The molecule has 3 nitrogen and oxygen atoms in total. The molecule has 0 unspecified atom stereocenters. The van der Waals surface area contributed by atoms with Gasteiger partial charge in [0.1, 0.15) is 5.82 Å². The molecule has 0 aromatic carbocycles. The Morgan fingerprint density at radius 3 is 2.52 bits per heavy atom. The van der Waals surface area contributed by atoms with Crippen LogP contribution in [0.25, 0.3) is 0 Å². The summed E-state index contributed by atoms with van der Waals surface area (Å²) in [5, 5.41) is 3.38. The third-order valence-corrected chi connectivity index (χ3v) is 3.26. The molecule has 0 spiro atoms. The van der Waals surface area contributed by atoms with Crippen molar-refractivity contribution >= 4 is 5.82 Å². The molecular weight excluding hydrogens is 258 g/mol. The zero-order valence-electron chi connectivity index (χ0n) is 12.8. The zero-order chi connectivity index (χ0) is 15.1. The van der Waals surface area contributed by atoms with Crippen LogP contribution in [-0.2, 0) is 6.54 Å². The molecule has 0 fully saturated rings. The van der Waals surface area contributed by atoms with Crippen LogP contribution in [0.15, 0.2) is 54.9 Å². The number of aryl methyl sites for hydroxylation is 3. The molecule has 0 saturated carbocycles. The highest BCUT2D eigenvalue weighted by Crippen LogP contribution is 2.09. The molecule has 0 bridgehead atoms. The summed E-state index contributed by atoms with van der Waals surface area (Å²) in [5.74, 6) is 0.869. The monoisotopic (exact) mass is 279 g/mol. The van der Waals surface area contributed by atoms with Crippen molar-refractivity contribution in [3.8, 4) is 0 Å². The number of nitrogens with zero attached hydrogens (tertiary/aromatic N) is 2. The third kappa shape index (κ3) is 4.88. The number of anilines is 1. The molecule has 1 N–H and O–H groups in total. The maximum atomic E-state index is 4.63. The molecule has 0 atom stereocenters. The smallest absolute Gasteiger partial charge is 0.126 e. The Balaban J connectivity index is 2.33. The molecule has 0 aliphatic heterocycles. The van der Waals surface area contributed by atoms with E-state index in [1.807, 2.05) is 43.5 Å². The SMILES string of the molecule is Cc1ccccc(C)c(C)cc(NCc2cccnc2)n1. The fourth-order valence-electron chi connectivity index (χ4n) is 1.89. The first-order valence-corrected chi connectivity index (χ1v) is 7.07. The summed E-state index contributed by atoms with van der Waals surface area (Å²) in [4.78, 5) is 8.76. The first-order valence-electron chi connectivity index (χ1n) is 7.07. The Kier molecular flexibility index (Phi) is 5.27. The minimum atomic E-state index is 0.711. The van der Waals surface area contributed by atoms with E-state index in [1.54, 1.807) is 6.20 Å². The lowest BCUT2D eigenvalue weighted by Crippen LogP contribution is -2.01. The second-order valence-corrected chi connectivity index (χ2v) is 5.08. The minimum Gasteiger partial charge on any atom is -0.366 e. The van der Waals surface area contributed by atoms with Crippen molar-refractivity contribution in [1.82, 2.24) is 9.97 Å². The van der Waals surface area contributed by atoms with Crippen molar-refractivity contribution in [3.05, 3.63) is 77.2 Å². The molecule has 3 heteroatoms. The van der Waals surface area contributed by atoms with Gasteiger partial charge >= 0.3 is 0 Å². The predicted molar refractivity (Wildman–Crippen MR) is 87.6 cm³/mol. The van der Waals surface area contributed by atoms with Crippen molar-refractivity contribution in [2.24, 2.45) is 0 Å². The van der Waals surface area contributed by atoms with E-state index in [4.69, 9.17) is 0 Å². The summed E-state index contributed by atoms with van der Waals surface area (Å²) in [6.07, 6.45) is 3.64. The van der Waals surface area contributed by atoms with Gasteiger partial charge in [-0.25, -0.2) is 4.98 Å². The number of hydrogen-bond acceptors (Lipinski definition) is 3. The van der Waals surface area contributed by atoms with Gasteiger partial charge in [-0.1, -0.05) is 24.3 Å². The largest absolute Gasteiger partial charge is 0.366 e. The van der Waals surface area contributed by atoms with Crippen LogP contribution in [0.1, 0.15) is 22.4 Å². The Morgan fingerprint density at radius 2 is 1.76 bits per heavy atom. The van der Waals surface area contributed by atoms with Crippen LogP contribution in [-0.4, -0.2) is 9.97 Å². The number of hydrogen-bond donors (Lipinski definition) is 1. The van der Waals surface area contributed by atoms with Gasteiger partial charge in [-0.05, 0) is 55.7 Å². The molecule has 2 aromatic rings. The van der Waals surface area contributed by atoms with Crippen LogP contribution in [0.2, 0.25) is 0 Å². The van der Waals surface area contributed by atoms with E-state index in [0.717, 1.165) is 17.1 Å². The number of nitrogens with one attached hydrogen (secondary N) is 1. The average molecular weight is 279 g/mol. The molecule has 2 rings (SSSR count). The molecule has 0 radical (unpaired) electrons. The molecular formula is C18H21N3.